The summed E-state index contributed by atoms with van der Waals surface area (Å²) in [5.41, 5.74) is -0.640. The van der Waals surface area contributed by atoms with E-state index in [0.29, 0.717) is 13.0 Å². The van der Waals surface area contributed by atoms with Crippen molar-refractivity contribution in [1.29, 1.82) is 0 Å². The first-order valence-electron chi connectivity index (χ1n) is 7.13. The highest BCUT2D eigenvalue weighted by Gasteiger charge is 2.38. The average molecular weight is 269 g/mol. The van der Waals surface area contributed by atoms with Gasteiger partial charge in [0.1, 0.15) is 0 Å². The Morgan fingerprint density at radius 3 is 2.47 bits per heavy atom. The summed E-state index contributed by atoms with van der Waals surface area (Å²) in [6, 6.07) is 0. The first-order chi connectivity index (χ1) is 8.79. The van der Waals surface area contributed by atoms with Crippen molar-refractivity contribution in [2.45, 2.75) is 64.5 Å². The molecule has 0 bridgehead atoms. The molecule has 1 unspecified atom stereocenters. The Balaban J connectivity index is 2.33. The number of carbonyl (C=O) groups excluding carboxylic acids is 2. The maximum Gasteiger partial charge on any atom is 0.240 e. The molecule has 2 amide bonds. The van der Waals surface area contributed by atoms with Gasteiger partial charge in [0.25, 0.3) is 0 Å². The number of amides is 2. The minimum Gasteiger partial charge on any atom is -0.354 e. The molecule has 3 N–H and O–H groups in total. The monoisotopic (exact) mass is 269 g/mol. The Morgan fingerprint density at radius 1 is 1.32 bits per heavy atom. The van der Waals surface area contributed by atoms with Crippen LogP contribution in [-0.4, -0.2) is 36.0 Å². The van der Waals surface area contributed by atoms with Crippen LogP contribution in [0.1, 0.15) is 53.4 Å². The van der Waals surface area contributed by atoms with E-state index in [1.807, 2.05) is 27.7 Å². The third kappa shape index (κ3) is 4.82. The highest BCUT2D eigenvalue weighted by atomic mass is 16.2. The zero-order chi connectivity index (χ0) is 14.5. The van der Waals surface area contributed by atoms with Crippen molar-refractivity contribution in [3.63, 3.8) is 0 Å². The van der Waals surface area contributed by atoms with Crippen LogP contribution >= 0.6 is 0 Å². The van der Waals surface area contributed by atoms with Gasteiger partial charge >= 0.3 is 0 Å². The summed E-state index contributed by atoms with van der Waals surface area (Å²) in [6.45, 7) is 9.13. The predicted octanol–water partition coefficient (Wildman–Crippen LogP) is 0.940. The van der Waals surface area contributed by atoms with Crippen LogP contribution in [0.3, 0.4) is 0 Å². The van der Waals surface area contributed by atoms with E-state index in [9.17, 15) is 9.59 Å². The van der Waals surface area contributed by atoms with Crippen LogP contribution in [0, 0.1) is 0 Å². The Kier molecular flexibility index (Phi) is 5.35. The molecule has 0 saturated carbocycles. The number of hydrogen-bond donors (Lipinski definition) is 3. The molecule has 1 aliphatic heterocycles. The smallest absolute Gasteiger partial charge is 0.240 e. The zero-order valence-electron chi connectivity index (χ0n) is 12.6. The van der Waals surface area contributed by atoms with Crippen molar-refractivity contribution in [3.05, 3.63) is 0 Å². The summed E-state index contributed by atoms with van der Waals surface area (Å²) < 4.78 is 0. The quantitative estimate of drug-likeness (QED) is 0.695. The van der Waals surface area contributed by atoms with Crippen molar-refractivity contribution in [3.8, 4) is 0 Å². The first kappa shape index (κ1) is 16.0. The first-order valence-corrected chi connectivity index (χ1v) is 7.13. The fourth-order valence-corrected chi connectivity index (χ4v) is 2.40. The largest absolute Gasteiger partial charge is 0.354 e. The van der Waals surface area contributed by atoms with Gasteiger partial charge in [-0.2, -0.15) is 0 Å². The van der Waals surface area contributed by atoms with E-state index in [-0.39, 0.29) is 17.4 Å². The number of nitrogens with one attached hydrogen (secondary N) is 3. The van der Waals surface area contributed by atoms with Crippen LogP contribution in [0.2, 0.25) is 0 Å². The van der Waals surface area contributed by atoms with E-state index >= 15 is 0 Å². The minimum absolute atomic E-state index is 0.0241. The molecular formula is C14H27N3O2. The Bertz CT molecular complexity index is 328. The fraction of sp³-hybridized carbons (Fsp3) is 0.857. The van der Waals surface area contributed by atoms with Crippen LogP contribution < -0.4 is 16.0 Å². The molecule has 1 saturated heterocycles. The number of hydrogen-bond acceptors (Lipinski definition) is 3. The van der Waals surface area contributed by atoms with E-state index in [2.05, 4.69) is 16.0 Å². The van der Waals surface area contributed by atoms with Crippen molar-refractivity contribution in [2.75, 3.05) is 13.1 Å². The third-order valence-electron chi connectivity index (χ3n) is 3.43. The second-order valence-electron chi connectivity index (χ2n) is 6.27. The lowest BCUT2D eigenvalue weighted by atomic mass is 9.93. The van der Waals surface area contributed by atoms with Crippen molar-refractivity contribution in [2.24, 2.45) is 0 Å². The summed E-state index contributed by atoms with van der Waals surface area (Å²) in [7, 11) is 0. The maximum atomic E-state index is 12.2. The summed E-state index contributed by atoms with van der Waals surface area (Å²) >= 11 is 0. The van der Waals surface area contributed by atoms with Gasteiger partial charge in [-0.3, -0.25) is 9.59 Å². The molecule has 1 atom stereocenters. The Morgan fingerprint density at radius 2 is 2.00 bits per heavy atom. The van der Waals surface area contributed by atoms with Gasteiger partial charge < -0.3 is 16.0 Å². The minimum atomic E-state index is -0.416. The van der Waals surface area contributed by atoms with E-state index in [1.54, 1.807) is 0 Å². The maximum absolute atomic E-state index is 12.2. The van der Waals surface area contributed by atoms with Crippen LogP contribution in [0.25, 0.3) is 0 Å². The topological polar surface area (TPSA) is 70.2 Å². The molecule has 0 aromatic carbocycles. The lowest BCUT2D eigenvalue weighted by Crippen LogP contribution is -2.53. The highest BCUT2D eigenvalue weighted by molar-refractivity contribution is 5.87. The van der Waals surface area contributed by atoms with Gasteiger partial charge in [0.15, 0.2) is 0 Å². The van der Waals surface area contributed by atoms with Gasteiger partial charge in [-0.15, -0.1) is 0 Å². The van der Waals surface area contributed by atoms with Gasteiger partial charge in [0.05, 0.1) is 5.54 Å². The van der Waals surface area contributed by atoms with Crippen molar-refractivity contribution in [1.82, 2.24) is 16.0 Å². The van der Waals surface area contributed by atoms with Gasteiger partial charge in [-0.1, -0.05) is 6.92 Å². The van der Waals surface area contributed by atoms with E-state index in [1.165, 1.54) is 0 Å². The van der Waals surface area contributed by atoms with Crippen molar-refractivity contribution < 1.29 is 9.59 Å². The SMILES string of the molecule is CCC1(C(=O)NCCC(=O)NC(C)(C)C)CCCN1. The molecule has 1 heterocycles. The molecule has 1 fully saturated rings. The molecular weight excluding hydrogens is 242 g/mol. The molecule has 0 spiro atoms. The summed E-state index contributed by atoms with van der Waals surface area (Å²) in [6.07, 6.45) is 3.02. The Labute approximate surface area is 115 Å². The molecule has 0 aromatic heterocycles. The molecule has 0 aromatic rings. The van der Waals surface area contributed by atoms with Crippen LogP contribution in [0.15, 0.2) is 0 Å². The normalized spacial score (nSPS) is 23.2. The van der Waals surface area contributed by atoms with Gasteiger partial charge in [0, 0.05) is 18.5 Å². The molecule has 5 heteroatoms. The number of rotatable bonds is 5. The van der Waals surface area contributed by atoms with E-state index in [4.69, 9.17) is 0 Å². The standard InChI is InChI=1S/C14H27N3O2/c1-5-14(8-6-9-16-14)12(19)15-10-7-11(18)17-13(2,3)4/h16H,5-10H2,1-4H3,(H,15,19)(H,17,18). The summed E-state index contributed by atoms with van der Waals surface area (Å²) in [4.78, 5) is 23.8. The third-order valence-corrected chi connectivity index (χ3v) is 3.43. The zero-order valence-corrected chi connectivity index (χ0v) is 12.6. The second kappa shape index (κ2) is 6.37. The van der Waals surface area contributed by atoms with Gasteiger partial charge in [-0.05, 0) is 46.6 Å². The van der Waals surface area contributed by atoms with E-state index < -0.39 is 5.54 Å². The molecule has 0 radical (unpaired) electrons. The lowest BCUT2D eigenvalue weighted by Gasteiger charge is -2.27. The van der Waals surface area contributed by atoms with Crippen LogP contribution in [-0.2, 0) is 9.59 Å². The van der Waals surface area contributed by atoms with Crippen molar-refractivity contribution >= 4 is 11.8 Å². The second-order valence-corrected chi connectivity index (χ2v) is 6.27. The molecule has 110 valence electrons. The van der Waals surface area contributed by atoms with Gasteiger partial charge in [0.2, 0.25) is 11.8 Å². The number of carbonyl (C=O) groups is 2. The lowest BCUT2D eigenvalue weighted by molar-refractivity contribution is -0.127. The molecule has 5 nitrogen and oxygen atoms in total. The fourth-order valence-electron chi connectivity index (χ4n) is 2.40. The highest BCUT2D eigenvalue weighted by Crippen LogP contribution is 2.22. The van der Waals surface area contributed by atoms with Crippen LogP contribution in [0.5, 0.6) is 0 Å². The molecule has 1 rings (SSSR count). The molecule has 1 aliphatic rings. The summed E-state index contributed by atoms with van der Waals surface area (Å²) in [5.74, 6) is -0.00575. The predicted molar refractivity (Wildman–Crippen MR) is 75.8 cm³/mol. The van der Waals surface area contributed by atoms with Crippen LogP contribution in [0.4, 0.5) is 0 Å². The summed E-state index contributed by atoms with van der Waals surface area (Å²) in [5, 5.41) is 9.03. The molecule has 0 aliphatic carbocycles. The molecule has 19 heavy (non-hydrogen) atoms. The van der Waals surface area contributed by atoms with Gasteiger partial charge in [-0.25, -0.2) is 0 Å². The average Bonchev–Trinajstić information content (AvgIpc) is 2.76. The van der Waals surface area contributed by atoms with E-state index in [0.717, 1.165) is 25.8 Å². The Hall–Kier alpha value is -1.10.